The van der Waals surface area contributed by atoms with Crippen LogP contribution in [0.1, 0.15) is 39.0 Å². The first kappa shape index (κ1) is 13.6. The van der Waals surface area contributed by atoms with E-state index < -0.39 is 0 Å². The molecule has 1 aromatic rings. The molecule has 3 aliphatic rings. The Morgan fingerprint density at radius 3 is 3.05 bits per heavy atom. The van der Waals surface area contributed by atoms with Crippen molar-refractivity contribution in [1.29, 1.82) is 0 Å². The van der Waals surface area contributed by atoms with Gasteiger partial charge in [0.05, 0.1) is 24.5 Å². The molecule has 5 heteroatoms. The van der Waals surface area contributed by atoms with Crippen LogP contribution < -0.4 is 5.32 Å². The molecule has 3 heterocycles. The van der Waals surface area contributed by atoms with Crippen LogP contribution in [0.25, 0.3) is 0 Å². The molecule has 1 aromatic heterocycles. The van der Waals surface area contributed by atoms with E-state index in [1.807, 2.05) is 10.9 Å². The monoisotopic (exact) mass is 290 g/mol. The average molecular weight is 290 g/mol. The lowest BCUT2D eigenvalue weighted by molar-refractivity contribution is 0.0940. The van der Waals surface area contributed by atoms with Crippen molar-refractivity contribution >= 4 is 5.69 Å². The molecule has 3 unspecified atom stereocenters. The molecule has 2 aliphatic heterocycles. The van der Waals surface area contributed by atoms with Crippen molar-refractivity contribution in [3.63, 3.8) is 0 Å². The summed E-state index contributed by atoms with van der Waals surface area (Å²) in [5.74, 6) is 0. The standard InChI is InChI=1S/C16H26N4O/c1-12-7-13(10-20(12)15-4-5-15)18-14-8-17-19(9-14)11-16-3-2-6-21-16/h8-9,12-13,15-16,18H,2-7,10-11H2,1H3. The van der Waals surface area contributed by atoms with E-state index in [2.05, 4.69) is 28.4 Å². The molecule has 1 saturated carbocycles. The van der Waals surface area contributed by atoms with Crippen LogP contribution in [0.15, 0.2) is 12.4 Å². The summed E-state index contributed by atoms with van der Waals surface area (Å²) in [6, 6.07) is 2.16. The molecule has 3 atom stereocenters. The quantitative estimate of drug-likeness (QED) is 0.902. The molecule has 21 heavy (non-hydrogen) atoms. The van der Waals surface area contributed by atoms with Crippen molar-refractivity contribution in [2.45, 2.75) is 69.8 Å². The fourth-order valence-corrected chi connectivity index (χ4v) is 3.85. The number of likely N-dealkylation sites (tertiary alicyclic amines) is 1. The van der Waals surface area contributed by atoms with Gasteiger partial charge < -0.3 is 10.1 Å². The Morgan fingerprint density at radius 1 is 1.38 bits per heavy atom. The Morgan fingerprint density at radius 2 is 2.29 bits per heavy atom. The van der Waals surface area contributed by atoms with Crippen molar-refractivity contribution in [3.8, 4) is 0 Å². The normalized spacial score (nSPS) is 33.7. The van der Waals surface area contributed by atoms with Crippen molar-refractivity contribution in [2.75, 3.05) is 18.5 Å². The first-order valence-corrected chi connectivity index (χ1v) is 8.44. The topological polar surface area (TPSA) is 42.3 Å². The smallest absolute Gasteiger partial charge is 0.0771 e. The SMILES string of the molecule is CC1CC(Nc2cnn(CC3CCCO3)c2)CN1C1CC1. The maximum absolute atomic E-state index is 5.67. The second-order valence-electron chi connectivity index (χ2n) is 6.94. The minimum absolute atomic E-state index is 0.356. The van der Waals surface area contributed by atoms with E-state index >= 15 is 0 Å². The fourth-order valence-electron chi connectivity index (χ4n) is 3.85. The molecule has 0 bridgehead atoms. The number of nitrogens with one attached hydrogen (secondary N) is 1. The zero-order valence-electron chi connectivity index (χ0n) is 12.9. The van der Waals surface area contributed by atoms with Gasteiger partial charge in [0.1, 0.15) is 0 Å². The van der Waals surface area contributed by atoms with Gasteiger partial charge in [0.2, 0.25) is 0 Å². The molecule has 116 valence electrons. The highest BCUT2D eigenvalue weighted by atomic mass is 16.5. The number of hydrogen-bond acceptors (Lipinski definition) is 4. The highest BCUT2D eigenvalue weighted by Gasteiger charge is 2.38. The van der Waals surface area contributed by atoms with Gasteiger partial charge in [-0.3, -0.25) is 9.58 Å². The molecule has 0 radical (unpaired) electrons. The Labute approximate surface area is 126 Å². The summed E-state index contributed by atoms with van der Waals surface area (Å²) in [4.78, 5) is 2.68. The van der Waals surface area contributed by atoms with Crippen molar-refractivity contribution in [2.24, 2.45) is 0 Å². The summed E-state index contributed by atoms with van der Waals surface area (Å²) in [7, 11) is 0. The number of ether oxygens (including phenoxy) is 1. The van der Waals surface area contributed by atoms with Gasteiger partial charge in [0.15, 0.2) is 0 Å². The zero-order chi connectivity index (χ0) is 14.2. The Kier molecular flexibility index (Phi) is 3.63. The third-order valence-corrected chi connectivity index (χ3v) is 5.06. The van der Waals surface area contributed by atoms with Crippen LogP contribution in [-0.4, -0.2) is 52.1 Å². The minimum Gasteiger partial charge on any atom is -0.378 e. The van der Waals surface area contributed by atoms with E-state index in [0.717, 1.165) is 30.9 Å². The molecule has 0 amide bonds. The lowest BCUT2D eigenvalue weighted by Gasteiger charge is -2.19. The lowest BCUT2D eigenvalue weighted by Crippen LogP contribution is -2.30. The van der Waals surface area contributed by atoms with E-state index in [-0.39, 0.29) is 0 Å². The maximum Gasteiger partial charge on any atom is 0.0771 e. The van der Waals surface area contributed by atoms with Crippen molar-refractivity contribution < 1.29 is 4.74 Å². The average Bonchev–Trinajstić information content (AvgIpc) is 2.86. The Hall–Kier alpha value is -1.07. The lowest BCUT2D eigenvalue weighted by atomic mass is 10.2. The van der Waals surface area contributed by atoms with Gasteiger partial charge >= 0.3 is 0 Å². The second-order valence-corrected chi connectivity index (χ2v) is 6.94. The number of rotatable bonds is 5. The third-order valence-electron chi connectivity index (χ3n) is 5.06. The molecule has 5 nitrogen and oxygen atoms in total. The Bertz CT molecular complexity index is 478. The summed E-state index contributed by atoms with van der Waals surface area (Å²) in [5, 5.41) is 8.13. The van der Waals surface area contributed by atoms with Crippen LogP contribution in [0.4, 0.5) is 5.69 Å². The molecular weight excluding hydrogens is 264 g/mol. The van der Waals surface area contributed by atoms with E-state index in [1.54, 1.807) is 0 Å². The predicted octanol–water partition coefficient (Wildman–Crippen LogP) is 2.10. The molecule has 4 rings (SSSR count). The largest absolute Gasteiger partial charge is 0.378 e. The van der Waals surface area contributed by atoms with Crippen LogP contribution >= 0.6 is 0 Å². The predicted molar refractivity (Wildman–Crippen MR) is 82.4 cm³/mol. The maximum atomic E-state index is 5.67. The van der Waals surface area contributed by atoms with Crippen LogP contribution in [0.2, 0.25) is 0 Å². The Balaban J connectivity index is 1.31. The fraction of sp³-hybridized carbons (Fsp3) is 0.812. The van der Waals surface area contributed by atoms with E-state index in [1.165, 1.54) is 38.6 Å². The van der Waals surface area contributed by atoms with Gasteiger partial charge in [-0.2, -0.15) is 5.10 Å². The van der Waals surface area contributed by atoms with Crippen LogP contribution in [0.3, 0.4) is 0 Å². The van der Waals surface area contributed by atoms with Gasteiger partial charge in [-0.05, 0) is 39.0 Å². The molecular formula is C16H26N4O. The molecule has 0 spiro atoms. The summed E-state index contributed by atoms with van der Waals surface area (Å²) >= 11 is 0. The van der Waals surface area contributed by atoms with E-state index in [9.17, 15) is 0 Å². The molecule has 0 aromatic carbocycles. The van der Waals surface area contributed by atoms with Crippen LogP contribution in [0, 0.1) is 0 Å². The summed E-state index contributed by atoms with van der Waals surface area (Å²) in [6.45, 7) is 5.34. The summed E-state index contributed by atoms with van der Waals surface area (Å²) in [5.41, 5.74) is 1.16. The van der Waals surface area contributed by atoms with Gasteiger partial charge in [-0.1, -0.05) is 0 Å². The van der Waals surface area contributed by atoms with Gasteiger partial charge in [0, 0.05) is 37.5 Å². The molecule has 3 fully saturated rings. The van der Waals surface area contributed by atoms with Crippen LogP contribution in [-0.2, 0) is 11.3 Å². The molecule has 1 aliphatic carbocycles. The van der Waals surface area contributed by atoms with E-state index in [4.69, 9.17) is 4.74 Å². The first-order chi connectivity index (χ1) is 10.3. The van der Waals surface area contributed by atoms with Crippen molar-refractivity contribution in [1.82, 2.24) is 14.7 Å². The highest BCUT2D eigenvalue weighted by molar-refractivity contribution is 5.40. The number of nitrogens with zero attached hydrogens (tertiary/aromatic N) is 3. The van der Waals surface area contributed by atoms with Gasteiger partial charge in [0.25, 0.3) is 0 Å². The third kappa shape index (κ3) is 3.09. The first-order valence-electron chi connectivity index (χ1n) is 8.44. The number of hydrogen-bond donors (Lipinski definition) is 1. The summed E-state index contributed by atoms with van der Waals surface area (Å²) < 4.78 is 7.70. The zero-order valence-corrected chi connectivity index (χ0v) is 12.9. The van der Waals surface area contributed by atoms with Gasteiger partial charge in [-0.25, -0.2) is 0 Å². The van der Waals surface area contributed by atoms with Crippen molar-refractivity contribution in [3.05, 3.63) is 12.4 Å². The minimum atomic E-state index is 0.356. The highest BCUT2D eigenvalue weighted by Crippen LogP contribution is 2.34. The number of anilines is 1. The van der Waals surface area contributed by atoms with Gasteiger partial charge in [-0.15, -0.1) is 0 Å². The number of aromatic nitrogens is 2. The molecule has 2 saturated heterocycles. The second kappa shape index (κ2) is 5.61. The molecule has 1 N–H and O–H groups in total. The van der Waals surface area contributed by atoms with E-state index in [0.29, 0.717) is 12.1 Å². The van der Waals surface area contributed by atoms with Crippen LogP contribution in [0.5, 0.6) is 0 Å². The summed E-state index contributed by atoms with van der Waals surface area (Å²) in [6.07, 6.45) is 10.8.